The van der Waals surface area contributed by atoms with Crippen molar-refractivity contribution in [3.63, 3.8) is 0 Å². The summed E-state index contributed by atoms with van der Waals surface area (Å²) in [5.74, 6) is -6.01. The average molecular weight is 1130 g/mol. The van der Waals surface area contributed by atoms with Gasteiger partial charge in [-0.25, -0.2) is 31.3 Å². The number of halogens is 11. The summed E-state index contributed by atoms with van der Waals surface area (Å²) >= 11 is 18.4. The van der Waals surface area contributed by atoms with Crippen molar-refractivity contribution in [2.24, 2.45) is 0 Å². The predicted octanol–water partition coefficient (Wildman–Crippen LogP) is 14.5. The molecule has 2 atom stereocenters. The molecule has 1 heterocycles. The first-order valence-electron chi connectivity index (χ1n) is 17.4. The maximum absolute atomic E-state index is 15.1. The van der Waals surface area contributed by atoms with E-state index >= 15 is 4.39 Å². The van der Waals surface area contributed by atoms with Crippen LogP contribution in [-0.2, 0) is 4.43 Å². The molecule has 19 heteroatoms. The molecule has 318 valence electrons. The van der Waals surface area contributed by atoms with E-state index in [2.05, 4.69) is 93.3 Å². The van der Waals surface area contributed by atoms with E-state index in [1.807, 2.05) is 19.6 Å². The quantitative estimate of drug-likeness (QED) is 0.0631. The Morgan fingerprint density at radius 2 is 1.00 bits per heavy atom. The summed E-state index contributed by atoms with van der Waals surface area (Å²) in [7, 11) is -3.41. The summed E-state index contributed by atoms with van der Waals surface area (Å²) < 4.78 is 103. The van der Waals surface area contributed by atoms with Gasteiger partial charge in [0.05, 0.1) is 19.5 Å². The van der Waals surface area contributed by atoms with E-state index in [1.54, 1.807) is 38.6 Å². The second-order valence-electron chi connectivity index (χ2n) is 13.8. The molecule has 0 saturated carbocycles. The van der Waals surface area contributed by atoms with Gasteiger partial charge < -0.3 is 24.0 Å². The van der Waals surface area contributed by atoms with Gasteiger partial charge in [-0.05, 0) is 82.0 Å². The molecule has 6 nitrogen and oxygen atoms in total. The summed E-state index contributed by atoms with van der Waals surface area (Å²) in [4.78, 5) is 6.42. The Hall–Kier alpha value is -2.17. The van der Waals surface area contributed by atoms with Crippen LogP contribution in [-0.4, -0.2) is 44.0 Å². The molecule has 2 unspecified atom stereocenters. The Balaban J connectivity index is 0.000000325. The molecule has 1 aromatic heterocycles. The van der Waals surface area contributed by atoms with Gasteiger partial charge in [-0.3, -0.25) is 0 Å². The van der Waals surface area contributed by atoms with Gasteiger partial charge in [0.1, 0.15) is 19.6 Å². The van der Waals surface area contributed by atoms with Gasteiger partial charge in [-0.2, -0.15) is 11.1 Å². The van der Waals surface area contributed by atoms with E-state index in [9.17, 15) is 27.1 Å². The number of hydrogen-bond donors (Lipinski definition) is 2. The molecule has 0 aliphatic heterocycles. The predicted molar refractivity (Wildman–Crippen MR) is 237 cm³/mol. The van der Waals surface area contributed by atoms with Crippen LogP contribution < -0.4 is 9.47 Å². The molecule has 2 N–H and O–H groups in total. The Morgan fingerprint density at radius 1 is 0.638 bits per heavy atom. The minimum atomic E-state index is -2.27. The number of nitrogens with one attached hydrogen (secondary N) is 1. The second-order valence-corrected chi connectivity index (χ2v) is 29.2. The zero-order valence-electron chi connectivity index (χ0n) is 32.7. The van der Waals surface area contributed by atoms with E-state index in [0.717, 1.165) is 12.1 Å². The number of aliphatic hydroxyl groups is 1. The first-order chi connectivity index (χ1) is 26.9. The van der Waals surface area contributed by atoms with Crippen LogP contribution in [0.25, 0.3) is 0 Å². The molecule has 0 spiro atoms. The lowest BCUT2D eigenvalue weighted by Crippen LogP contribution is -2.30. The minimum absolute atomic E-state index is 0.0304. The van der Waals surface area contributed by atoms with Crippen LogP contribution in [0.3, 0.4) is 0 Å². The van der Waals surface area contributed by atoms with Crippen molar-refractivity contribution in [1.29, 1.82) is 0 Å². The van der Waals surface area contributed by atoms with Crippen molar-refractivity contribution in [3.8, 4) is 11.5 Å². The molecule has 0 aliphatic carbocycles. The van der Waals surface area contributed by atoms with E-state index in [4.69, 9.17) is 25.0 Å². The fourth-order valence-corrected chi connectivity index (χ4v) is 7.69. The van der Waals surface area contributed by atoms with E-state index in [-0.39, 0.29) is 55.9 Å². The largest absolute Gasteiger partial charge is 0.491 e. The van der Waals surface area contributed by atoms with Crippen LogP contribution in [0.4, 0.5) is 26.3 Å². The molecule has 0 bridgehead atoms. The molecule has 0 aliphatic rings. The number of hydrogen-bond acceptors (Lipinski definition) is 5. The first-order valence-corrected chi connectivity index (χ1v) is 28.5. The normalized spacial score (nSPS) is 12.2. The molecule has 5 aromatic rings. The maximum Gasteiger partial charge on any atom is 0.185 e. The van der Waals surface area contributed by atoms with Gasteiger partial charge in [0, 0.05) is 52.5 Å². The van der Waals surface area contributed by atoms with Crippen LogP contribution in [0.15, 0.2) is 85.1 Å². The average Bonchev–Trinajstić information content (AvgIpc) is 3.71. The lowest BCUT2D eigenvalue weighted by atomic mass is 10.00. The molecular weight excluding hydrogens is 1090 g/mol. The highest BCUT2D eigenvalue weighted by Gasteiger charge is 2.33. The fraction of sp³-hybridized carbons (Fsp3) is 0.308. The van der Waals surface area contributed by atoms with Gasteiger partial charge >= 0.3 is 0 Å². The molecular formula is C39H43Br4ClF6N2O4Si2. The fourth-order valence-electron chi connectivity index (χ4n) is 4.68. The number of rotatable bonds is 10. The van der Waals surface area contributed by atoms with Crippen molar-refractivity contribution < 1.29 is 45.3 Å². The van der Waals surface area contributed by atoms with Gasteiger partial charge in [0.25, 0.3) is 0 Å². The van der Waals surface area contributed by atoms with Crippen LogP contribution in [0.2, 0.25) is 39.3 Å². The number of aromatic nitrogens is 2. The van der Waals surface area contributed by atoms with Crippen molar-refractivity contribution in [3.05, 3.63) is 142 Å². The Morgan fingerprint density at radius 3 is 1.36 bits per heavy atom. The van der Waals surface area contributed by atoms with Gasteiger partial charge in [0.15, 0.2) is 54.7 Å². The third-order valence-electron chi connectivity index (χ3n) is 6.89. The maximum atomic E-state index is 15.1. The van der Waals surface area contributed by atoms with Crippen LogP contribution >= 0.6 is 74.8 Å². The number of benzene rings is 4. The smallest absolute Gasteiger partial charge is 0.185 e. The van der Waals surface area contributed by atoms with Crippen molar-refractivity contribution in [1.82, 2.24) is 9.97 Å². The highest BCUT2D eigenvalue weighted by atomic mass is 79.9. The van der Waals surface area contributed by atoms with E-state index < -0.39 is 62.8 Å². The Kier molecular flexibility index (Phi) is 21.3. The van der Waals surface area contributed by atoms with E-state index in [1.165, 1.54) is 30.3 Å². The second kappa shape index (κ2) is 23.7. The van der Waals surface area contributed by atoms with Crippen molar-refractivity contribution in [2.75, 3.05) is 13.2 Å². The zero-order chi connectivity index (χ0) is 44.1. The highest BCUT2D eigenvalue weighted by Crippen LogP contribution is 2.43. The Labute approximate surface area is 375 Å². The highest BCUT2D eigenvalue weighted by molar-refractivity contribution is 9.11. The molecule has 4 aromatic carbocycles. The third kappa shape index (κ3) is 15.7. The van der Waals surface area contributed by atoms with Gasteiger partial charge in [-0.15, -0.1) is 0 Å². The molecule has 0 saturated heterocycles. The monoisotopic (exact) mass is 1120 g/mol. The molecule has 58 heavy (non-hydrogen) atoms. The lowest BCUT2D eigenvalue weighted by Gasteiger charge is -2.29. The van der Waals surface area contributed by atoms with Crippen LogP contribution in [0.1, 0.15) is 48.3 Å². The van der Waals surface area contributed by atoms with Crippen LogP contribution in [0, 0.1) is 34.9 Å². The Bertz CT molecular complexity index is 2070. The summed E-state index contributed by atoms with van der Waals surface area (Å²) in [6.07, 6.45) is 2.24. The number of nitrogens with zero attached hydrogens (tertiary/aromatic N) is 1. The third-order valence-corrected chi connectivity index (χ3v) is 10.6. The number of aromatic amines is 1. The molecule has 5 rings (SSSR count). The summed E-state index contributed by atoms with van der Waals surface area (Å²) in [5.41, 5.74) is -0.617. The summed E-state index contributed by atoms with van der Waals surface area (Å²) in [5, 5.41) is 10.4. The topological polar surface area (TPSA) is 76.6 Å². The van der Waals surface area contributed by atoms with E-state index in [0.29, 0.717) is 8.95 Å². The molecule has 0 amide bonds. The zero-order valence-corrected chi connectivity index (χ0v) is 41.8. The summed E-state index contributed by atoms with van der Waals surface area (Å²) in [6, 6.07) is 10.5. The SMILES string of the molecule is CCOc1ccc(Br)c(C(O)c2c(Br)ccc(F)c2F)c1F.CCOc1ccc(Br)c(C(O[Si](C)(C)C)c2c(Br)ccc(F)c2F)c1F.C[Si](C)(C)Cl.c1c[nH]cn1. The van der Waals surface area contributed by atoms with Gasteiger partial charge in [0.2, 0.25) is 0 Å². The van der Waals surface area contributed by atoms with Gasteiger partial charge in [-0.1, -0.05) is 83.4 Å². The number of imidazole rings is 1. The van der Waals surface area contributed by atoms with Crippen molar-refractivity contribution in [2.45, 2.75) is 65.3 Å². The summed E-state index contributed by atoms with van der Waals surface area (Å²) in [6.45, 7) is 15.9. The van der Waals surface area contributed by atoms with Crippen molar-refractivity contribution >= 4 is 90.5 Å². The lowest BCUT2D eigenvalue weighted by molar-refractivity contribution is 0.204. The number of ether oxygens (including phenoxy) is 2. The first kappa shape index (κ1) is 52.0. The number of aliphatic hydroxyl groups excluding tert-OH is 1. The minimum Gasteiger partial charge on any atom is -0.491 e. The number of H-pyrrole nitrogens is 1. The molecule has 0 radical (unpaired) electrons. The van der Waals surface area contributed by atoms with Crippen LogP contribution in [0.5, 0.6) is 11.5 Å². The molecule has 0 fully saturated rings. The standard InChI is InChI=1S/C18H19Br2F3O2Si.C15H11Br2F3O2.C3H9ClSi.C3H4N2/c1-5-24-13-9-7-11(20)15(17(13)23)18(25-26(2,3)4)14-10(19)6-8-12(21)16(14)22;1-2-22-10-6-4-8(17)12(14(10)20)15(21)11-7(16)3-5-9(18)13(11)19;1-5(2,3)4;1-2-5-3-4-1/h6-9,18H,5H2,1-4H3;3-6,15,21H,2H2,1H3;1-3H3;1-3H,(H,4,5).